The van der Waals surface area contributed by atoms with E-state index in [9.17, 15) is 0 Å². The lowest BCUT2D eigenvalue weighted by Crippen LogP contribution is -2.28. The van der Waals surface area contributed by atoms with Crippen molar-refractivity contribution >= 4 is 22.9 Å². The highest BCUT2D eigenvalue weighted by Gasteiger charge is 2.19. The lowest BCUT2D eigenvalue weighted by atomic mass is 9.93. The highest BCUT2D eigenvalue weighted by molar-refractivity contribution is 5.86. The van der Waals surface area contributed by atoms with Gasteiger partial charge >= 0.3 is 0 Å². The van der Waals surface area contributed by atoms with Crippen LogP contribution in [0.2, 0.25) is 0 Å². The van der Waals surface area contributed by atoms with Crippen molar-refractivity contribution in [3.05, 3.63) is 36.8 Å². The van der Waals surface area contributed by atoms with Gasteiger partial charge < -0.3 is 21.3 Å². The summed E-state index contributed by atoms with van der Waals surface area (Å²) in [6.07, 6.45) is 9.00. The number of hydrogen-bond acceptors (Lipinski definition) is 8. The van der Waals surface area contributed by atoms with Gasteiger partial charge in [0.25, 0.3) is 0 Å². The molecule has 4 aromatic rings. The van der Waals surface area contributed by atoms with Crippen molar-refractivity contribution in [2.24, 2.45) is 0 Å². The first-order valence-corrected chi connectivity index (χ1v) is 9.13. The molecule has 28 heavy (non-hydrogen) atoms. The predicted molar refractivity (Wildman–Crippen MR) is 105 cm³/mol. The van der Waals surface area contributed by atoms with Crippen LogP contribution >= 0.6 is 0 Å². The van der Waals surface area contributed by atoms with Crippen LogP contribution in [0.25, 0.3) is 22.4 Å². The highest BCUT2D eigenvalue weighted by Crippen LogP contribution is 2.28. The molecular weight excluding hydrogens is 360 g/mol. The Labute approximate surface area is 160 Å². The van der Waals surface area contributed by atoms with E-state index in [0.717, 1.165) is 35.3 Å². The molecule has 146 valence electrons. The zero-order valence-electron chi connectivity index (χ0n) is 15.2. The number of anilines is 2. The molecule has 4 aromatic heterocycles. The molecule has 10 nitrogen and oxygen atoms in total. The van der Waals surface area contributed by atoms with Crippen LogP contribution in [0, 0.1) is 0 Å². The number of fused-ring (bicyclic) bond motifs is 2. The Hall–Kier alpha value is -3.24. The summed E-state index contributed by atoms with van der Waals surface area (Å²) in [5, 5.41) is 27.7. The normalized spacial score (nSPS) is 13.9. The van der Waals surface area contributed by atoms with Crippen LogP contribution in [0.5, 0.6) is 0 Å². The fourth-order valence-corrected chi connectivity index (χ4v) is 3.01. The van der Waals surface area contributed by atoms with E-state index in [1.807, 2.05) is 30.6 Å². The summed E-state index contributed by atoms with van der Waals surface area (Å²) < 4.78 is 3.50. The molecule has 5 rings (SSSR count). The van der Waals surface area contributed by atoms with E-state index < -0.39 is 0 Å². The molecule has 0 saturated heterocycles. The molecule has 0 radical (unpaired) electrons. The minimum atomic E-state index is -0.125. The van der Waals surface area contributed by atoms with Gasteiger partial charge in [0.05, 0.1) is 18.9 Å². The molecule has 0 unspecified atom stereocenters. The smallest absolute Gasteiger partial charge is 0.243 e. The van der Waals surface area contributed by atoms with Crippen LogP contribution in [0.1, 0.15) is 19.3 Å². The molecule has 0 bridgehead atoms. The summed E-state index contributed by atoms with van der Waals surface area (Å²) in [4.78, 5) is 8.63. The van der Waals surface area contributed by atoms with E-state index in [1.54, 1.807) is 15.2 Å². The van der Waals surface area contributed by atoms with Gasteiger partial charge in [-0.15, -0.1) is 5.10 Å². The van der Waals surface area contributed by atoms with Crippen molar-refractivity contribution in [2.75, 3.05) is 24.3 Å². The van der Waals surface area contributed by atoms with Crippen LogP contribution in [0.15, 0.2) is 36.8 Å². The molecule has 0 atom stereocenters. The highest BCUT2D eigenvalue weighted by atomic mass is 16.3. The lowest BCUT2D eigenvalue weighted by molar-refractivity contribution is 0.186. The fourth-order valence-electron chi connectivity index (χ4n) is 3.01. The van der Waals surface area contributed by atoms with Crippen molar-refractivity contribution in [3.63, 3.8) is 0 Å². The Kier molecular flexibility index (Phi) is 5.04. The molecule has 0 amide bonds. The molecule has 4 heterocycles. The van der Waals surface area contributed by atoms with E-state index in [-0.39, 0.29) is 13.2 Å². The maximum absolute atomic E-state index is 7.62. The summed E-state index contributed by atoms with van der Waals surface area (Å²) in [6.45, 7) is -0.250. The maximum atomic E-state index is 7.62. The van der Waals surface area contributed by atoms with Crippen LogP contribution in [-0.2, 0) is 0 Å². The van der Waals surface area contributed by atoms with Crippen LogP contribution in [-0.4, -0.2) is 58.7 Å². The SMILES string of the molecule is Nc1nc(NC2CCC2)nn2ccc(-c3ccc4nccn4n3)c12.OCCO. The molecule has 10 heteroatoms. The second-order valence-electron chi connectivity index (χ2n) is 6.51. The molecule has 1 fully saturated rings. The van der Waals surface area contributed by atoms with E-state index in [4.69, 9.17) is 15.9 Å². The Bertz CT molecular complexity index is 1080. The molecule has 5 N–H and O–H groups in total. The van der Waals surface area contributed by atoms with Crippen molar-refractivity contribution in [2.45, 2.75) is 25.3 Å². The zero-order chi connectivity index (χ0) is 19.5. The Morgan fingerprint density at radius 2 is 1.89 bits per heavy atom. The van der Waals surface area contributed by atoms with E-state index in [2.05, 4.69) is 25.5 Å². The Morgan fingerprint density at radius 3 is 2.61 bits per heavy atom. The number of nitrogen functional groups attached to an aromatic ring is 1. The maximum Gasteiger partial charge on any atom is 0.243 e. The number of hydrogen-bond donors (Lipinski definition) is 4. The third-order valence-corrected chi connectivity index (χ3v) is 4.61. The van der Waals surface area contributed by atoms with Gasteiger partial charge in [-0.05, 0) is 37.5 Å². The number of aromatic nitrogens is 6. The largest absolute Gasteiger partial charge is 0.394 e. The first-order valence-electron chi connectivity index (χ1n) is 9.13. The van der Waals surface area contributed by atoms with Gasteiger partial charge in [0.2, 0.25) is 5.95 Å². The molecule has 1 saturated carbocycles. The van der Waals surface area contributed by atoms with Crippen molar-refractivity contribution in [1.82, 2.24) is 29.2 Å². The topological polar surface area (TPSA) is 139 Å². The summed E-state index contributed by atoms with van der Waals surface area (Å²) in [5.74, 6) is 1.02. The summed E-state index contributed by atoms with van der Waals surface area (Å²) >= 11 is 0. The van der Waals surface area contributed by atoms with Gasteiger partial charge in [0.1, 0.15) is 5.52 Å². The van der Waals surface area contributed by atoms with E-state index in [1.165, 1.54) is 6.42 Å². The lowest BCUT2D eigenvalue weighted by Gasteiger charge is -2.26. The number of nitrogens with two attached hydrogens (primary N) is 1. The van der Waals surface area contributed by atoms with Gasteiger partial charge in [-0.2, -0.15) is 10.1 Å². The quantitative estimate of drug-likeness (QED) is 0.409. The molecule has 0 aromatic carbocycles. The van der Waals surface area contributed by atoms with E-state index in [0.29, 0.717) is 17.8 Å². The average molecular weight is 382 g/mol. The number of imidazole rings is 1. The van der Waals surface area contributed by atoms with Gasteiger partial charge in [-0.3, -0.25) is 0 Å². The second-order valence-corrected chi connectivity index (χ2v) is 6.51. The van der Waals surface area contributed by atoms with Gasteiger partial charge in [0, 0.05) is 30.2 Å². The molecule has 0 aliphatic heterocycles. The van der Waals surface area contributed by atoms with Crippen LogP contribution in [0.3, 0.4) is 0 Å². The number of aliphatic hydroxyl groups is 2. The third-order valence-electron chi connectivity index (χ3n) is 4.61. The van der Waals surface area contributed by atoms with E-state index >= 15 is 0 Å². The zero-order valence-corrected chi connectivity index (χ0v) is 15.2. The first kappa shape index (κ1) is 18.1. The number of nitrogens with one attached hydrogen (secondary N) is 1. The minimum absolute atomic E-state index is 0.125. The van der Waals surface area contributed by atoms with Crippen molar-refractivity contribution < 1.29 is 10.2 Å². The summed E-state index contributed by atoms with van der Waals surface area (Å²) in [5.41, 5.74) is 9.48. The molecule has 1 aliphatic carbocycles. The number of nitrogens with zero attached hydrogens (tertiary/aromatic N) is 6. The summed E-state index contributed by atoms with van der Waals surface area (Å²) in [6, 6.07) is 6.27. The average Bonchev–Trinajstić information content (AvgIpc) is 3.31. The minimum Gasteiger partial charge on any atom is -0.394 e. The standard InChI is InChI=1S/C16H16N8.C2H6O2/c17-15-14-11(12-4-5-13-18-7-9-23(13)21-12)6-8-24(14)22-16(20-15)19-10-2-1-3-10;3-1-2-4/h4-10H,1-3H2,(H3,17,19,20,22);3-4H,1-2H2. The Morgan fingerprint density at radius 1 is 1.07 bits per heavy atom. The number of aliphatic hydroxyl groups excluding tert-OH is 2. The third kappa shape index (κ3) is 3.47. The molecule has 0 spiro atoms. The molecular formula is C18H22N8O2. The predicted octanol–water partition coefficient (Wildman–Crippen LogP) is 0.957. The van der Waals surface area contributed by atoms with Crippen molar-refractivity contribution in [1.29, 1.82) is 0 Å². The second kappa shape index (κ2) is 7.79. The van der Waals surface area contributed by atoms with Gasteiger partial charge in [0.15, 0.2) is 11.5 Å². The first-order chi connectivity index (χ1) is 13.7. The van der Waals surface area contributed by atoms with Gasteiger partial charge in [-0.1, -0.05) is 0 Å². The summed E-state index contributed by atoms with van der Waals surface area (Å²) in [7, 11) is 0. The Balaban J connectivity index is 0.000000442. The van der Waals surface area contributed by atoms with Crippen LogP contribution < -0.4 is 11.1 Å². The number of rotatable bonds is 4. The van der Waals surface area contributed by atoms with Crippen LogP contribution in [0.4, 0.5) is 11.8 Å². The molecule has 1 aliphatic rings. The fraction of sp³-hybridized carbons (Fsp3) is 0.333. The van der Waals surface area contributed by atoms with Gasteiger partial charge in [-0.25, -0.2) is 14.0 Å². The van der Waals surface area contributed by atoms with Crippen molar-refractivity contribution in [3.8, 4) is 11.3 Å². The monoisotopic (exact) mass is 382 g/mol.